The Morgan fingerprint density at radius 3 is 2.96 bits per heavy atom. The van der Waals surface area contributed by atoms with E-state index in [9.17, 15) is 10.1 Å². The molecule has 4 rings (SSSR count). The van der Waals surface area contributed by atoms with Gasteiger partial charge in [0.15, 0.2) is 0 Å². The van der Waals surface area contributed by atoms with Crippen molar-refractivity contribution in [3.05, 3.63) is 18.6 Å². The molecule has 28 heavy (non-hydrogen) atoms. The van der Waals surface area contributed by atoms with E-state index in [1.54, 1.807) is 6.33 Å². The summed E-state index contributed by atoms with van der Waals surface area (Å²) >= 11 is 0. The number of carbonyl (C=O) groups excluding carboxylic acids is 1. The molecule has 148 valence electrons. The fourth-order valence-corrected chi connectivity index (χ4v) is 4.52. The Kier molecular flexibility index (Phi) is 4.94. The van der Waals surface area contributed by atoms with Gasteiger partial charge in [0.1, 0.15) is 23.2 Å². The normalized spacial score (nSPS) is 24.2. The predicted molar refractivity (Wildman–Crippen MR) is 105 cm³/mol. The van der Waals surface area contributed by atoms with Crippen LogP contribution in [0.4, 0.5) is 5.82 Å². The second kappa shape index (κ2) is 7.40. The molecule has 0 aromatic carbocycles. The summed E-state index contributed by atoms with van der Waals surface area (Å²) < 4.78 is 5.40. The molecule has 0 bridgehead atoms. The van der Waals surface area contributed by atoms with Crippen LogP contribution >= 0.6 is 0 Å². The van der Waals surface area contributed by atoms with E-state index in [0.717, 1.165) is 29.7 Å². The summed E-state index contributed by atoms with van der Waals surface area (Å²) in [6.07, 6.45) is 6.24. The molecule has 8 nitrogen and oxygen atoms in total. The van der Waals surface area contributed by atoms with Crippen LogP contribution in [0.1, 0.15) is 32.6 Å². The average molecular weight is 382 g/mol. The number of hydrogen-bond donors (Lipinski definition) is 1. The predicted octanol–water partition coefficient (Wildman–Crippen LogP) is 2.09. The highest BCUT2D eigenvalue weighted by Gasteiger charge is 2.47. The van der Waals surface area contributed by atoms with E-state index in [0.29, 0.717) is 32.6 Å². The molecule has 2 aromatic rings. The smallest absolute Gasteiger partial charge is 0.243 e. The van der Waals surface area contributed by atoms with E-state index in [2.05, 4.69) is 32.8 Å². The highest BCUT2D eigenvalue weighted by molar-refractivity contribution is 5.88. The Balaban J connectivity index is 1.56. The van der Waals surface area contributed by atoms with Gasteiger partial charge in [-0.25, -0.2) is 9.97 Å². The Labute approximate surface area is 164 Å². The van der Waals surface area contributed by atoms with Crippen molar-refractivity contribution in [3.8, 4) is 6.07 Å². The molecule has 0 unspecified atom stereocenters. The van der Waals surface area contributed by atoms with Crippen LogP contribution in [-0.4, -0.2) is 64.6 Å². The molecular weight excluding hydrogens is 356 g/mol. The van der Waals surface area contributed by atoms with Crippen LogP contribution in [0.25, 0.3) is 11.0 Å². The maximum absolute atomic E-state index is 13.5. The molecule has 2 aliphatic rings. The number of anilines is 1. The number of hydrogen-bond acceptors (Lipinski definition) is 6. The quantitative estimate of drug-likeness (QED) is 0.869. The zero-order valence-corrected chi connectivity index (χ0v) is 16.4. The third-order valence-corrected chi connectivity index (χ3v) is 6.17. The van der Waals surface area contributed by atoms with Crippen molar-refractivity contribution >= 4 is 22.8 Å². The first-order valence-corrected chi connectivity index (χ1v) is 9.87. The minimum atomic E-state index is -0.948. The Bertz CT molecular complexity index is 897. The monoisotopic (exact) mass is 382 g/mol. The summed E-state index contributed by atoms with van der Waals surface area (Å²) in [5, 5.41) is 10.8. The third-order valence-electron chi connectivity index (χ3n) is 6.17. The van der Waals surface area contributed by atoms with Gasteiger partial charge >= 0.3 is 0 Å². The number of aromatic nitrogens is 3. The maximum atomic E-state index is 13.5. The van der Waals surface area contributed by atoms with Gasteiger partial charge in [0.25, 0.3) is 0 Å². The van der Waals surface area contributed by atoms with Crippen LogP contribution in [0.2, 0.25) is 0 Å². The van der Waals surface area contributed by atoms with Crippen molar-refractivity contribution in [1.82, 2.24) is 19.9 Å². The zero-order chi connectivity index (χ0) is 19.7. The van der Waals surface area contributed by atoms with Crippen molar-refractivity contribution < 1.29 is 9.53 Å². The van der Waals surface area contributed by atoms with E-state index in [-0.39, 0.29) is 18.0 Å². The molecule has 8 heteroatoms. The van der Waals surface area contributed by atoms with Crippen molar-refractivity contribution in [2.24, 2.45) is 5.41 Å². The summed E-state index contributed by atoms with van der Waals surface area (Å²) in [7, 11) is 1.99. The number of nitriles is 1. The summed E-state index contributed by atoms with van der Waals surface area (Å²) in [5.41, 5.74) is -0.147. The lowest BCUT2D eigenvalue weighted by molar-refractivity contribution is -0.146. The van der Waals surface area contributed by atoms with E-state index >= 15 is 0 Å². The highest BCUT2D eigenvalue weighted by atomic mass is 16.5. The van der Waals surface area contributed by atoms with E-state index in [4.69, 9.17) is 4.74 Å². The molecule has 2 aromatic heterocycles. The molecule has 4 heterocycles. The Morgan fingerprint density at radius 1 is 1.43 bits per heavy atom. The second-order valence-corrected chi connectivity index (χ2v) is 7.92. The number of fused-ring (bicyclic) bond motifs is 1. The molecular formula is C20H26N6O2. The standard InChI is InChI=1S/C20H26N6O2/c1-14-3-4-15(26(14)19(27)20(12-21)6-9-28-10-7-20)11-25(2)18-16-5-8-22-17(16)23-13-24-18/h5,8,13-15H,3-4,6-7,9-11H2,1-2H3,(H,22,23,24)/t14-,15+/m0/s1. The first kappa shape index (κ1) is 18.7. The van der Waals surface area contributed by atoms with Gasteiger partial charge in [-0.3, -0.25) is 4.79 Å². The first-order valence-electron chi connectivity index (χ1n) is 9.87. The van der Waals surface area contributed by atoms with Crippen molar-refractivity contribution in [2.45, 2.75) is 44.7 Å². The number of amides is 1. The fraction of sp³-hybridized carbons (Fsp3) is 0.600. The molecule has 2 fully saturated rings. The van der Waals surface area contributed by atoms with E-state index < -0.39 is 5.41 Å². The van der Waals surface area contributed by atoms with Gasteiger partial charge in [0.05, 0.1) is 11.5 Å². The molecule has 2 aliphatic heterocycles. The second-order valence-electron chi connectivity index (χ2n) is 7.92. The minimum absolute atomic E-state index is 0.0313. The summed E-state index contributed by atoms with van der Waals surface area (Å²) in [4.78, 5) is 29.3. The van der Waals surface area contributed by atoms with Crippen LogP contribution in [0, 0.1) is 16.7 Å². The van der Waals surface area contributed by atoms with Crippen LogP contribution < -0.4 is 4.90 Å². The minimum Gasteiger partial charge on any atom is -0.381 e. The molecule has 1 amide bonds. The number of rotatable bonds is 4. The number of H-pyrrole nitrogens is 1. The number of likely N-dealkylation sites (N-methyl/N-ethyl adjacent to an activating group) is 1. The van der Waals surface area contributed by atoms with Gasteiger partial charge < -0.3 is 19.5 Å². The first-order chi connectivity index (χ1) is 13.6. The number of carbonyl (C=O) groups is 1. The van der Waals surface area contributed by atoms with Gasteiger partial charge in [0.2, 0.25) is 5.91 Å². The van der Waals surface area contributed by atoms with Crippen LogP contribution in [0.3, 0.4) is 0 Å². The van der Waals surface area contributed by atoms with Gasteiger partial charge in [-0.05, 0) is 38.7 Å². The lowest BCUT2D eigenvalue weighted by atomic mass is 9.80. The SMILES string of the molecule is C[C@H]1CC[C@H](CN(C)c2ncnc3[nH]ccc23)N1C(=O)C1(C#N)CCOCC1. The number of ether oxygens (including phenoxy) is 1. The van der Waals surface area contributed by atoms with Gasteiger partial charge in [-0.1, -0.05) is 0 Å². The van der Waals surface area contributed by atoms with Gasteiger partial charge in [0, 0.05) is 45.1 Å². The summed E-state index contributed by atoms with van der Waals surface area (Å²) in [6, 6.07) is 4.49. The maximum Gasteiger partial charge on any atom is 0.243 e. The molecule has 2 saturated heterocycles. The number of nitrogens with one attached hydrogen (secondary N) is 1. The van der Waals surface area contributed by atoms with Crippen LogP contribution in [0.5, 0.6) is 0 Å². The number of likely N-dealkylation sites (tertiary alicyclic amines) is 1. The zero-order valence-electron chi connectivity index (χ0n) is 16.4. The largest absolute Gasteiger partial charge is 0.381 e. The lowest BCUT2D eigenvalue weighted by Gasteiger charge is -2.38. The molecule has 2 atom stereocenters. The van der Waals surface area contributed by atoms with Crippen molar-refractivity contribution in [1.29, 1.82) is 5.26 Å². The number of aromatic amines is 1. The average Bonchev–Trinajstić information content (AvgIpc) is 3.34. The topological polar surface area (TPSA) is 98.1 Å². The Morgan fingerprint density at radius 2 is 2.21 bits per heavy atom. The van der Waals surface area contributed by atoms with E-state index in [1.807, 2.05) is 24.2 Å². The molecule has 0 spiro atoms. The number of nitrogens with zero attached hydrogens (tertiary/aromatic N) is 5. The van der Waals surface area contributed by atoms with Crippen LogP contribution in [0.15, 0.2) is 18.6 Å². The lowest BCUT2D eigenvalue weighted by Crippen LogP contribution is -2.52. The fourth-order valence-electron chi connectivity index (χ4n) is 4.52. The summed E-state index contributed by atoms with van der Waals surface area (Å²) in [5.74, 6) is 0.815. The highest BCUT2D eigenvalue weighted by Crippen LogP contribution is 2.37. The molecule has 1 N–H and O–H groups in total. The third kappa shape index (κ3) is 3.10. The van der Waals surface area contributed by atoms with Crippen molar-refractivity contribution in [2.75, 3.05) is 31.7 Å². The van der Waals surface area contributed by atoms with Crippen LogP contribution in [-0.2, 0) is 9.53 Å². The molecule has 0 radical (unpaired) electrons. The van der Waals surface area contributed by atoms with Crippen molar-refractivity contribution in [3.63, 3.8) is 0 Å². The summed E-state index contributed by atoms with van der Waals surface area (Å²) in [6.45, 7) is 3.69. The van der Waals surface area contributed by atoms with Gasteiger partial charge in [-0.2, -0.15) is 5.26 Å². The molecule has 0 aliphatic carbocycles. The Hall–Kier alpha value is -2.66. The van der Waals surface area contributed by atoms with E-state index in [1.165, 1.54) is 0 Å². The van der Waals surface area contributed by atoms with Gasteiger partial charge in [-0.15, -0.1) is 0 Å². The molecule has 0 saturated carbocycles.